The maximum atomic E-state index is 12.6. The van der Waals surface area contributed by atoms with Crippen molar-refractivity contribution in [1.82, 2.24) is 4.90 Å². The highest BCUT2D eigenvalue weighted by atomic mass is 19.4. The van der Waals surface area contributed by atoms with E-state index in [1.807, 2.05) is 0 Å². The minimum atomic E-state index is -5.08. The molecule has 0 bridgehead atoms. The second-order valence-corrected chi connectivity index (χ2v) is 7.73. The van der Waals surface area contributed by atoms with Gasteiger partial charge in [-0.05, 0) is 42.8 Å². The average Bonchev–Trinajstić information content (AvgIpc) is 3.29. The van der Waals surface area contributed by atoms with Gasteiger partial charge in [-0.1, -0.05) is 6.92 Å². The number of amides is 1. The first-order valence-electron chi connectivity index (χ1n) is 10.8. The van der Waals surface area contributed by atoms with Crippen LogP contribution in [0.4, 0.5) is 13.2 Å². The normalized spacial score (nSPS) is 11.5. The number of carboxylic acids is 2. The number of carboxylic acid groups (broad SMARTS) is 2. The van der Waals surface area contributed by atoms with Crippen LogP contribution in [0.5, 0.6) is 5.75 Å². The van der Waals surface area contributed by atoms with Crippen LogP contribution in [0.25, 0.3) is 0 Å². The first-order valence-corrected chi connectivity index (χ1v) is 10.8. The largest absolute Gasteiger partial charge is 0.490 e. The molecule has 0 radical (unpaired) electrons. The number of esters is 1. The molecule has 12 nitrogen and oxygen atoms in total. The Labute approximate surface area is 213 Å². The van der Waals surface area contributed by atoms with E-state index in [0.717, 1.165) is 0 Å². The number of carbonyl (C=O) groups excluding carboxylic acids is 2. The third kappa shape index (κ3) is 10.7. The zero-order valence-electron chi connectivity index (χ0n) is 20.0. The van der Waals surface area contributed by atoms with Crippen LogP contribution >= 0.6 is 0 Å². The van der Waals surface area contributed by atoms with Crippen LogP contribution in [-0.4, -0.2) is 75.7 Å². The summed E-state index contributed by atoms with van der Waals surface area (Å²) >= 11 is 0. The van der Waals surface area contributed by atoms with E-state index in [9.17, 15) is 27.6 Å². The molecular weight excluding hydrogens is 519 g/mol. The maximum Gasteiger partial charge on any atom is 0.490 e. The fourth-order valence-electron chi connectivity index (χ4n) is 2.85. The van der Waals surface area contributed by atoms with E-state index < -0.39 is 36.5 Å². The van der Waals surface area contributed by atoms with Crippen LogP contribution in [0.3, 0.4) is 0 Å². The summed E-state index contributed by atoms with van der Waals surface area (Å²) in [6.45, 7) is 1.15. The highest BCUT2D eigenvalue weighted by molar-refractivity contribution is 5.95. The highest BCUT2D eigenvalue weighted by Crippen LogP contribution is 2.18. The van der Waals surface area contributed by atoms with Crippen molar-refractivity contribution in [3.8, 4) is 5.75 Å². The number of amidine groups is 1. The molecule has 15 heteroatoms. The van der Waals surface area contributed by atoms with Crippen LogP contribution in [0.1, 0.15) is 35.2 Å². The fourth-order valence-corrected chi connectivity index (χ4v) is 2.85. The van der Waals surface area contributed by atoms with Gasteiger partial charge in [-0.15, -0.1) is 0 Å². The number of nitrogens with zero attached hydrogens (tertiary/aromatic N) is 1. The van der Waals surface area contributed by atoms with Crippen molar-refractivity contribution in [3.05, 3.63) is 53.5 Å². The second kappa shape index (κ2) is 14.4. The molecule has 0 spiro atoms. The van der Waals surface area contributed by atoms with Crippen molar-refractivity contribution in [3.63, 3.8) is 0 Å². The van der Waals surface area contributed by atoms with Gasteiger partial charge in [-0.25, -0.2) is 9.59 Å². The predicted octanol–water partition coefficient (Wildman–Crippen LogP) is 1.89. The Bertz CT molecular complexity index is 1130. The maximum absolute atomic E-state index is 12.6. The van der Waals surface area contributed by atoms with Gasteiger partial charge in [0.1, 0.15) is 23.9 Å². The molecular formula is C23H26F3N3O9. The van der Waals surface area contributed by atoms with Gasteiger partial charge in [0.05, 0.1) is 0 Å². The molecule has 1 aromatic carbocycles. The van der Waals surface area contributed by atoms with Crippen molar-refractivity contribution in [2.24, 2.45) is 11.7 Å². The van der Waals surface area contributed by atoms with E-state index in [-0.39, 0.29) is 49.2 Å². The molecule has 1 amide bonds. The van der Waals surface area contributed by atoms with Crippen molar-refractivity contribution < 1.29 is 56.8 Å². The summed E-state index contributed by atoms with van der Waals surface area (Å²) in [5.74, 6) is -5.12. The number of rotatable bonds is 11. The Morgan fingerprint density at radius 2 is 1.68 bits per heavy atom. The van der Waals surface area contributed by atoms with Gasteiger partial charge in [0.25, 0.3) is 0 Å². The summed E-state index contributed by atoms with van der Waals surface area (Å²) in [7, 11) is 0. The topological polar surface area (TPSA) is 204 Å². The van der Waals surface area contributed by atoms with Crippen LogP contribution in [-0.2, 0) is 20.8 Å². The summed E-state index contributed by atoms with van der Waals surface area (Å²) in [5, 5.41) is 32.4. The first-order chi connectivity index (χ1) is 17.6. The van der Waals surface area contributed by atoms with Gasteiger partial charge in [0.15, 0.2) is 0 Å². The lowest BCUT2D eigenvalue weighted by molar-refractivity contribution is -0.192. The molecule has 208 valence electrons. The minimum Gasteiger partial charge on any atom is -0.480 e. The number of nitrogens with two attached hydrogens (primary N) is 1. The lowest BCUT2D eigenvalue weighted by Crippen LogP contribution is -2.40. The number of hydrogen-bond acceptors (Lipinski definition) is 8. The summed E-state index contributed by atoms with van der Waals surface area (Å²) in [6, 6.07) is 9.08. The number of ether oxygens (including phenoxy) is 1. The fraction of sp³-hybridized carbons (Fsp3) is 0.348. The minimum absolute atomic E-state index is 0.0482. The molecule has 0 saturated heterocycles. The molecule has 2 rings (SSSR count). The average molecular weight is 545 g/mol. The number of benzene rings is 1. The number of aliphatic carboxylic acids is 2. The van der Waals surface area contributed by atoms with E-state index in [4.69, 9.17) is 40.4 Å². The number of halogens is 3. The standard InChI is InChI=1S/C21H25N3O7.C2HF3O2/c1-13(20(28)24(9-2-10-25)12-18(26)27)11-16-7-8-17(30-16)21(29)31-15-5-3-14(4-6-15)19(22)23;3-2(4,5)1(6)7/h3-8,13,25H,2,9-12H2,1H3,(H3,22,23)(H,26,27);(H,6,7). The second-order valence-electron chi connectivity index (χ2n) is 7.73. The number of aliphatic hydroxyl groups excluding tert-OH is 1. The van der Waals surface area contributed by atoms with Crippen molar-refractivity contribution >= 4 is 29.7 Å². The Hall–Kier alpha value is -4.40. The van der Waals surface area contributed by atoms with Gasteiger partial charge >= 0.3 is 24.1 Å². The molecule has 1 aromatic heterocycles. The zero-order chi connectivity index (χ0) is 29.0. The monoisotopic (exact) mass is 545 g/mol. The molecule has 0 fully saturated rings. The SMILES string of the molecule is CC(Cc1ccc(C(=O)Oc2ccc(C(=N)N)cc2)o1)C(=O)N(CCCO)CC(=O)O.O=C(O)C(F)(F)F. The highest BCUT2D eigenvalue weighted by Gasteiger charge is 2.38. The number of carbonyl (C=O) groups is 4. The molecule has 6 N–H and O–H groups in total. The van der Waals surface area contributed by atoms with Gasteiger partial charge in [-0.2, -0.15) is 13.2 Å². The van der Waals surface area contributed by atoms with Crippen LogP contribution < -0.4 is 10.5 Å². The number of hydrogen-bond donors (Lipinski definition) is 5. The number of aliphatic hydroxyl groups is 1. The molecule has 1 heterocycles. The lowest BCUT2D eigenvalue weighted by atomic mass is 10.0. The number of nitrogens with one attached hydrogen (secondary N) is 1. The third-order valence-corrected chi connectivity index (χ3v) is 4.63. The molecule has 0 aliphatic carbocycles. The molecule has 0 aliphatic rings. The van der Waals surface area contributed by atoms with Crippen LogP contribution in [0, 0.1) is 11.3 Å². The molecule has 1 atom stereocenters. The number of furan rings is 1. The van der Waals surface area contributed by atoms with E-state index in [1.165, 1.54) is 23.1 Å². The van der Waals surface area contributed by atoms with Crippen molar-refractivity contribution in [2.45, 2.75) is 25.9 Å². The number of nitrogen functional groups attached to an aromatic ring is 1. The quantitative estimate of drug-likeness (QED) is 0.120. The van der Waals surface area contributed by atoms with Gasteiger partial charge in [-0.3, -0.25) is 15.0 Å². The Morgan fingerprint density at radius 1 is 1.11 bits per heavy atom. The first kappa shape index (κ1) is 31.6. The summed E-state index contributed by atoms with van der Waals surface area (Å²) < 4.78 is 42.4. The molecule has 1 unspecified atom stereocenters. The van der Waals surface area contributed by atoms with Gasteiger partial charge in [0, 0.05) is 31.1 Å². The Morgan fingerprint density at radius 3 is 2.16 bits per heavy atom. The summed E-state index contributed by atoms with van der Waals surface area (Å²) in [4.78, 5) is 45.9. The third-order valence-electron chi connectivity index (χ3n) is 4.63. The summed E-state index contributed by atoms with van der Waals surface area (Å²) in [5.41, 5.74) is 5.87. The Balaban J connectivity index is 0.000000905. The zero-order valence-corrected chi connectivity index (χ0v) is 20.0. The van der Waals surface area contributed by atoms with E-state index in [2.05, 4.69) is 0 Å². The van der Waals surface area contributed by atoms with Crippen LogP contribution in [0.2, 0.25) is 0 Å². The lowest BCUT2D eigenvalue weighted by Gasteiger charge is -2.23. The van der Waals surface area contributed by atoms with E-state index >= 15 is 0 Å². The molecule has 0 saturated carbocycles. The van der Waals surface area contributed by atoms with Crippen molar-refractivity contribution in [2.75, 3.05) is 19.7 Å². The van der Waals surface area contributed by atoms with Crippen molar-refractivity contribution in [1.29, 1.82) is 5.41 Å². The van der Waals surface area contributed by atoms with Crippen LogP contribution in [0.15, 0.2) is 40.8 Å². The van der Waals surface area contributed by atoms with Gasteiger partial charge < -0.3 is 35.1 Å². The summed E-state index contributed by atoms with van der Waals surface area (Å²) in [6.07, 6.45) is -4.65. The molecule has 0 aliphatic heterocycles. The number of alkyl halides is 3. The van der Waals surface area contributed by atoms with Gasteiger partial charge in [0.2, 0.25) is 11.7 Å². The molecule has 38 heavy (non-hydrogen) atoms. The molecule has 2 aromatic rings. The predicted molar refractivity (Wildman–Crippen MR) is 124 cm³/mol. The van der Waals surface area contributed by atoms with E-state index in [0.29, 0.717) is 11.3 Å². The van der Waals surface area contributed by atoms with E-state index in [1.54, 1.807) is 25.1 Å². The Kier molecular flexibility index (Phi) is 12.0. The smallest absolute Gasteiger partial charge is 0.480 e.